The van der Waals surface area contributed by atoms with Gasteiger partial charge in [0.2, 0.25) is 5.91 Å². The number of urea groups is 1. The molecule has 4 N–H and O–H groups in total. The highest BCUT2D eigenvalue weighted by Gasteiger charge is 2.20. The molecule has 0 spiro atoms. The minimum absolute atomic E-state index is 0.336. The first-order valence-corrected chi connectivity index (χ1v) is 9.79. The van der Waals surface area contributed by atoms with Gasteiger partial charge >= 0.3 is 6.03 Å². The Labute approximate surface area is 167 Å². The number of hydrogen-bond donors (Lipinski definition) is 3. The normalized spacial score (nSPS) is 11.7. The summed E-state index contributed by atoms with van der Waals surface area (Å²) in [6.45, 7) is 5.86. The average Bonchev–Trinajstić information content (AvgIpc) is 2.62. The quantitative estimate of drug-likeness (QED) is 0.500. The van der Waals surface area contributed by atoms with Crippen LogP contribution in [0.3, 0.4) is 0 Å². The van der Waals surface area contributed by atoms with E-state index in [1.807, 2.05) is 19.1 Å². The lowest BCUT2D eigenvalue weighted by atomic mass is 10.0. The maximum atomic E-state index is 12.1. The smallest absolute Gasteiger partial charge is 0.321 e. The summed E-state index contributed by atoms with van der Waals surface area (Å²) in [5.74, 6) is -0.0871. The lowest BCUT2D eigenvalue weighted by Gasteiger charge is -2.14. The van der Waals surface area contributed by atoms with E-state index in [1.165, 1.54) is 0 Å². The molecule has 0 aliphatic carbocycles. The van der Waals surface area contributed by atoms with Gasteiger partial charge in [-0.15, -0.1) is 0 Å². The van der Waals surface area contributed by atoms with Gasteiger partial charge in [0, 0.05) is 17.1 Å². The number of amides is 3. The zero-order chi connectivity index (χ0) is 20.0. The number of nitrogens with one attached hydrogen (secondary N) is 2. The molecule has 0 saturated heterocycles. The van der Waals surface area contributed by atoms with E-state index in [-0.39, 0.29) is 0 Å². The summed E-state index contributed by atoms with van der Waals surface area (Å²) in [5, 5.41) is 5.26. The van der Waals surface area contributed by atoms with Crippen molar-refractivity contribution in [2.45, 2.75) is 37.6 Å². The molecule has 1 heterocycles. The van der Waals surface area contributed by atoms with Gasteiger partial charge < -0.3 is 11.1 Å². The number of nitrogen functional groups attached to an aromatic ring is 1. The molecule has 0 aliphatic heterocycles. The minimum Gasteiger partial charge on any atom is -0.383 e. The van der Waals surface area contributed by atoms with E-state index >= 15 is 0 Å². The van der Waals surface area contributed by atoms with Gasteiger partial charge in [-0.1, -0.05) is 42.4 Å². The predicted octanol–water partition coefficient (Wildman–Crippen LogP) is 3.27. The number of nitrogens with two attached hydrogens (primary N) is 1. The van der Waals surface area contributed by atoms with Crippen LogP contribution in [0.15, 0.2) is 29.4 Å². The van der Waals surface area contributed by atoms with Gasteiger partial charge in [-0.3, -0.25) is 10.1 Å². The number of rotatable bonds is 6. The molecule has 0 radical (unpaired) electrons. The van der Waals surface area contributed by atoms with Crippen LogP contribution in [0.1, 0.15) is 26.5 Å². The van der Waals surface area contributed by atoms with Gasteiger partial charge in [0.05, 0.1) is 10.9 Å². The molecule has 2 rings (SSSR count). The van der Waals surface area contributed by atoms with Crippen molar-refractivity contribution < 1.29 is 9.59 Å². The standard InChI is InChI=1S/C18H22ClN5O2S/c1-4-13-14(11-6-8-12(19)9-7-11)15(20)23-18(22-13)27-10(3)16(25)24-17(26)21-5-2/h6-10H,4-5H2,1-3H3,(H2,20,22,23)(H2,21,24,25,26)/t10-/m0/s1. The fourth-order valence-corrected chi connectivity index (χ4v) is 3.29. The van der Waals surface area contributed by atoms with Crippen LogP contribution < -0.4 is 16.4 Å². The molecule has 9 heteroatoms. The number of carbonyl (C=O) groups excluding carboxylic acids is 2. The highest BCUT2D eigenvalue weighted by molar-refractivity contribution is 8.00. The van der Waals surface area contributed by atoms with Gasteiger partial charge in [-0.05, 0) is 38.0 Å². The first kappa shape index (κ1) is 21.0. The molecule has 3 amide bonds. The van der Waals surface area contributed by atoms with Crippen molar-refractivity contribution in [1.82, 2.24) is 20.6 Å². The summed E-state index contributed by atoms with van der Waals surface area (Å²) >= 11 is 7.09. The summed E-state index contributed by atoms with van der Waals surface area (Å²) in [4.78, 5) is 32.5. The molecular formula is C18H22ClN5O2S. The molecule has 0 bridgehead atoms. The molecule has 7 nitrogen and oxygen atoms in total. The predicted molar refractivity (Wildman–Crippen MR) is 109 cm³/mol. The molecular weight excluding hydrogens is 386 g/mol. The van der Waals surface area contributed by atoms with Crippen LogP contribution in [-0.2, 0) is 11.2 Å². The van der Waals surface area contributed by atoms with E-state index in [4.69, 9.17) is 17.3 Å². The number of thioether (sulfide) groups is 1. The fraction of sp³-hybridized carbons (Fsp3) is 0.333. The van der Waals surface area contributed by atoms with Crippen molar-refractivity contribution in [3.8, 4) is 11.1 Å². The Hall–Kier alpha value is -2.32. The minimum atomic E-state index is -0.557. The van der Waals surface area contributed by atoms with Gasteiger partial charge in [-0.25, -0.2) is 14.8 Å². The van der Waals surface area contributed by atoms with E-state index in [0.717, 1.165) is 28.6 Å². The highest BCUT2D eigenvalue weighted by Crippen LogP contribution is 2.31. The molecule has 0 saturated carbocycles. The summed E-state index contributed by atoms with van der Waals surface area (Å²) in [7, 11) is 0. The number of anilines is 1. The first-order valence-electron chi connectivity index (χ1n) is 8.53. The second-order valence-electron chi connectivity index (χ2n) is 5.68. The molecule has 144 valence electrons. The number of hydrogen-bond acceptors (Lipinski definition) is 6. The van der Waals surface area contributed by atoms with E-state index in [9.17, 15) is 9.59 Å². The Kier molecular flexibility index (Phi) is 7.44. The van der Waals surface area contributed by atoms with Crippen LogP contribution in [0.2, 0.25) is 5.02 Å². The van der Waals surface area contributed by atoms with Crippen LogP contribution in [0, 0.1) is 0 Å². The van der Waals surface area contributed by atoms with Crippen LogP contribution in [0.4, 0.5) is 10.6 Å². The Morgan fingerprint density at radius 1 is 1.22 bits per heavy atom. The average molecular weight is 408 g/mol. The largest absolute Gasteiger partial charge is 0.383 e. The number of imide groups is 1. The Morgan fingerprint density at radius 3 is 2.48 bits per heavy atom. The number of nitrogens with zero attached hydrogens (tertiary/aromatic N) is 2. The topological polar surface area (TPSA) is 110 Å². The van der Waals surface area contributed by atoms with E-state index in [0.29, 0.717) is 29.0 Å². The molecule has 2 aromatic rings. The molecule has 1 atom stereocenters. The van der Waals surface area contributed by atoms with Gasteiger partial charge in [0.1, 0.15) is 5.82 Å². The lowest BCUT2D eigenvalue weighted by Crippen LogP contribution is -2.42. The summed E-state index contributed by atoms with van der Waals surface area (Å²) in [6, 6.07) is 6.78. The SMILES string of the molecule is CCNC(=O)NC(=O)[C@H](C)Sc1nc(N)c(-c2ccc(Cl)cc2)c(CC)n1. The maximum absolute atomic E-state index is 12.1. The molecule has 27 heavy (non-hydrogen) atoms. The van der Waals surface area contributed by atoms with E-state index < -0.39 is 17.2 Å². The van der Waals surface area contributed by atoms with Gasteiger partial charge in [-0.2, -0.15) is 0 Å². The van der Waals surface area contributed by atoms with Crippen molar-refractivity contribution in [1.29, 1.82) is 0 Å². The summed E-state index contributed by atoms with van der Waals surface area (Å²) in [5.41, 5.74) is 8.60. The van der Waals surface area contributed by atoms with Crippen LogP contribution in [-0.4, -0.2) is 33.7 Å². The van der Waals surface area contributed by atoms with Crippen LogP contribution in [0.5, 0.6) is 0 Å². The molecule has 1 aromatic heterocycles. The number of aryl methyl sites for hydroxylation is 1. The number of carbonyl (C=O) groups is 2. The second kappa shape index (κ2) is 9.57. The van der Waals surface area contributed by atoms with Crippen LogP contribution >= 0.6 is 23.4 Å². The highest BCUT2D eigenvalue weighted by atomic mass is 35.5. The molecule has 0 aliphatic rings. The van der Waals surface area contributed by atoms with Crippen molar-refractivity contribution in [2.24, 2.45) is 0 Å². The second-order valence-corrected chi connectivity index (χ2v) is 7.43. The maximum Gasteiger partial charge on any atom is 0.321 e. The zero-order valence-corrected chi connectivity index (χ0v) is 16.9. The number of benzene rings is 1. The number of aromatic nitrogens is 2. The molecule has 0 unspecified atom stereocenters. The monoisotopic (exact) mass is 407 g/mol. The third kappa shape index (κ3) is 5.58. The lowest BCUT2D eigenvalue weighted by molar-refractivity contribution is -0.119. The van der Waals surface area contributed by atoms with E-state index in [2.05, 4.69) is 20.6 Å². The zero-order valence-electron chi connectivity index (χ0n) is 15.4. The Morgan fingerprint density at radius 2 is 1.89 bits per heavy atom. The number of halogens is 1. The Balaban J connectivity index is 2.22. The Bertz CT molecular complexity index is 829. The third-order valence-corrected chi connectivity index (χ3v) is 4.90. The molecule has 1 aromatic carbocycles. The van der Waals surface area contributed by atoms with Crippen molar-refractivity contribution in [3.63, 3.8) is 0 Å². The first-order chi connectivity index (χ1) is 12.8. The van der Waals surface area contributed by atoms with Crippen molar-refractivity contribution >= 4 is 41.1 Å². The third-order valence-electron chi connectivity index (χ3n) is 3.68. The summed E-state index contributed by atoms with van der Waals surface area (Å²) in [6.07, 6.45) is 0.651. The van der Waals surface area contributed by atoms with Gasteiger partial charge in [0.15, 0.2) is 5.16 Å². The van der Waals surface area contributed by atoms with E-state index in [1.54, 1.807) is 26.0 Å². The van der Waals surface area contributed by atoms with Crippen molar-refractivity contribution in [2.75, 3.05) is 12.3 Å². The van der Waals surface area contributed by atoms with Crippen molar-refractivity contribution in [3.05, 3.63) is 35.0 Å². The fourth-order valence-electron chi connectivity index (χ4n) is 2.37. The van der Waals surface area contributed by atoms with Crippen LogP contribution in [0.25, 0.3) is 11.1 Å². The van der Waals surface area contributed by atoms with Gasteiger partial charge in [0.25, 0.3) is 0 Å². The summed E-state index contributed by atoms with van der Waals surface area (Å²) < 4.78 is 0. The molecule has 0 fully saturated rings.